The summed E-state index contributed by atoms with van der Waals surface area (Å²) in [6.45, 7) is 0. The van der Waals surface area contributed by atoms with Crippen molar-refractivity contribution in [3.63, 3.8) is 0 Å². The van der Waals surface area contributed by atoms with Crippen LogP contribution in [0.3, 0.4) is 0 Å². The lowest BCUT2D eigenvalue weighted by atomic mass is 10.2. The van der Waals surface area contributed by atoms with Gasteiger partial charge < -0.3 is 28.5 Å². The molecule has 0 heterocycles. The van der Waals surface area contributed by atoms with Crippen LogP contribution < -0.4 is 5.32 Å². The lowest BCUT2D eigenvalue weighted by Crippen LogP contribution is -2.23. The molecule has 23 heavy (non-hydrogen) atoms. The molecule has 2 N–H and O–H groups in total. The second kappa shape index (κ2) is 8.06. The van der Waals surface area contributed by atoms with E-state index in [9.17, 15) is 13.9 Å². The zero-order valence-electron chi connectivity index (χ0n) is 13.1. The predicted molar refractivity (Wildman–Crippen MR) is 84.1 cm³/mol. The number of aromatic carboxylic acids is 1. The first-order valence-electron chi connectivity index (χ1n) is 6.28. The van der Waals surface area contributed by atoms with E-state index in [0.717, 1.165) is 28.4 Å². The molecule has 0 fully saturated rings. The minimum absolute atomic E-state index is 0.0110. The van der Waals surface area contributed by atoms with Crippen LogP contribution in [-0.2, 0) is 27.2 Å². The van der Waals surface area contributed by atoms with Crippen LogP contribution >= 0.6 is 15.2 Å². The molecule has 1 aromatic rings. The van der Waals surface area contributed by atoms with E-state index >= 15 is 0 Å². The van der Waals surface area contributed by atoms with Crippen LogP contribution in [0.25, 0.3) is 0 Å². The van der Waals surface area contributed by atoms with E-state index in [2.05, 4.69) is 5.32 Å². The summed E-state index contributed by atoms with van der Waals surface area (Å²) in [6.07, 6.45) is 0. The largest absolute Gasteiger partial charge is 0.478 e. The number of carboxylic acids is 1. The van der Waals surface area contributed by atoms with Gasteiger partial charge in [-0.15, -0.1) is 0 Å². The highest BCUT2D eigenvalue weighted by molar-refractivity contribution is 7.72. The van der Waals surface area contributed by atoms with Crippen molar-refractivity contribution in [3.8, 4) is 0 Å². The van der Waals surface area contributed by atoms with Crippen molar-refractivity contribution in [3.05, 3.63) is 29.8 Å². The first kappa shape index (κ1) is 19.8. The third kappa shape index (κ3) is 4.41. The SMILES string of the molecule is COP(=O)(OC)C(Nc1cccc(C(=O)O)c1)P(=O)(OC)OC. The Morgan fingerprint density at radius 2 is 1.52 bits per heavy atom. The van der Waals surface area contributed by atoms with Crippen molar-refractivity contribution in [2.75, 3.05) is 33.8 Å². The monoisotopic (exact) mass is 367 g/mol. The molecule has 9 nitrogen and oxygen atoms in total. The van der Waals surface area contributed by atoms with Crippen LogP contribution in [0.1, 0.15) is 10.4 Å². The van der Waals surface area contributed by atoms with Gasteiger partial charge in [0, 0.05) is 34.1 Å². The van der Waals surface area contributed by atoms with E-state index in [-0.39, 0.29) is 11.3 Å². The highest BCUT2D eigenvalue weighted by Crippen LogP contribution is 2.68. The van der Waals surface area contributed by atoms with Crippen molar-refractivity contribution in [2.45, 2.75) is 5.52 Å². The highest BCUT2D eigenvalue weighted by Gasteiger charge is 2.49. The number of benzene rings is 1. The fourth-order valence-electron chi connectivity index (χ4n) is 1.77. The quantitative estimate of drug-likeness (QED) is 0.634. The van der Waals surface area contributed by atoms with Crippen LogP contribution in [0.4, 0.5) is 5.69 Å². The summed E-state index contributed by atoms with van der Waals surface area (Å²) in [4.78, 5) is 11.0. The van der Waals surface area contributed by atoms with Crippen molar-refractivity contribution < 1.29 is 37.1 Å². The molecule has 0 aliphatic carbocycles. The molecule has 130 valence electrons. The minimum Gasteiger partial charge on any atom is -0.478 e. The summed E-state index contributed by atoms with van der Waals surface area (Å²) in [6, 6.07) is 5.63. The summed E-state index contributed by atoms with van der Waals surface area (Å²) in [5.41, 5.74) is -1.26. The van der Waals surface area contributed by atoms with E-state index in [4.69, 9.17) is 23.2 Å². The molecule has 0 saturated heterocycles. The molecule has 0 saturated carbocycles. The van der Waals surface area contributed by atoms with Gasteiger partial charge in [-0.1, -0.05) is 6.07 Å². The number of hydrogen-bond acceptors (Lipinski definition) is 8. The van der Waals surface area contributed by atoms with E-state index in [1.54, 1.807) is 0 Å². The Balaban J connectivity index is 3.32. The van der Waals surface area contributed by atoms with E-state index in [0.29, 0.717) is 0 Å². The maximum absolute atomic E-state index is 12.7. The van der Waals surface area contributed by atoms with Gasteiger partial charge in [-0.05, 0) is 18.2 Å². The topological polar surface area (TPSA) is 120 Å². The van der Waals surface area contributed by atoms with Gasteiger partial charge >= 0.3 is 21.2 Å². The Kier molecular flexibility index (Phi) is 6.95. The fourth-order valence-corrected chi connectivity index (χ4v) is 6.00. The maximum Gasteiger partial charge on any atom is 0.364 e. The number of anilines is 1. The van der Waals surface area contributed by atoms with E-state index in [1.807, 2.05) is 0 Å². The molecule has 11 heteroatoms. The van der Waals surface area contributed by atoms with Crippen molar-refractivity contribution >= 4 is 26.8 Å². The molecule has 0 atom stereocenters. The van der Waals surface area contributed by atoms with Crippen LogP contribution in [-0.4, -0.2) is 45.0 Å². The first-order chi connectivity index (χ1) is 10.8. The molecule has 0 unspecified atom stereocenters. The second-order valence-electron chi connectivity index (χ2n) is 4.21. The fraction of sp³-hybridized carbons (Fsp3) is 0.417. The first-order valence-corrected chi connectivity index (χ1v) is 9.51. The van der Waals surface area contributed by atoms with Crippen molar-refractivity contribution in [1.29, 1.82) is 0 Å². The number of carboxylic acid groups (broad SMARTS) is 1. The Morgan fingerprint density at radius 1 is 1.04 bits per heavy atom. The summed E-state index contributed by atoms with van der Waals surface area (Å²) < 4.78 is 44.9. The third-order valence-corrected chi connectivity index (χ3v) is 8.21. The average Bonchev–Trinajstić information content (AvgIpc) is 2.58. The standard InChI is InChI=1S/C12H19NO8P2/c1-18-22(16,19-2)12(23(17,20-3)21-4)13-10-7-5-6-9(8-10)11(14)15/h5-8,12-13H,1-4H3,(H,14,15). The Morgan fingerprint density at radius 3 is 1.91 bits per heavy atom. The third-order valence-electron chi connectivity index (χ3n) is 3.02. The molecular weight excluding hydrogens is 348 g/mol. The molecule has 0 aliphatic rings. The number of hydrogen-bond donors (Lipinski definition) is 2. The highest BCUT2D eigenvalue weighted by atomic mass is 31.2. The van der Waals surface area contributed by atoms with Gasteiger partial charge in [-0.3, -0.25) is 9.13 Å². The summed E-state index contributed by atoms with van der Waals surface area (Å²) in [5, 5.41) is 11.7. The lowest BCUT2D eigenvalue weighted by Gasteiger charge is -2.30. The van der Waals surface area contributed by atoms with Crippen molar-refractivity contribution in [2.24, 2.45) is 0 Å². The van der Waals surface area contributed by atoms with Crippen LogP contribution in [0.5, 0.6) is 0 Å². The zero-order valence-corrected chi connectivity index (χ0v) is 14.9. The molecule has 0 radical (unpaired) electrons. The molecule has 0 aromatic heterocycles. The van der Waals surface area contributed by atoms with Gasteiger partial charge in [-0.25, -0.2) is 4.79 Å². The van der Waals surface area contributed by atoms with Gasteiger partial charge in [0.1, 0.15) is 0 Å². The van der Waals surface area contributed by atoms with Crippen LogP contribution in [0.15, 0.2) is 24.3 Å². The van der Waals surface area contributed by atoms with Crippen molar-refractivity contribution in [1.82, 2.24) is 0 Å². The maximum atomic E-state index is 12.7. The van der Waals surface area contributed by atoms with Gasteiger partial charge in [0.2, 0.25) is 5.52 Å². The Labute approximate surface area is 134 Å². The molecule has 0 amide bonds. The van der Waals surface area contributed by atoms with Crippen LogP contribution in [0.2, 0.25) is 0 Å². The smallest absolute Gasteiger partial charge is 0.364 e. The van der Waals surface area contributed by atoms with E-state index < -0.39 is 26.7 Å². The van der Waals surface area contributed by atoms with Gasteiger partial charge in [0.05, 0.1) is 5.56 Å². The molecular formula is C12H19NO8P2. The Hall–Kier alpha value is -1.21. The molecule has 1 rings (SSSR count). The molecule has 1 aromatic carbocycles. The van der Waals surface area contributed by atoms with E-state index in [1.165, 1.54) is 24.3 Å². The summed E-state index contributed by atoms with van der Waals surface area (Å²) in [7, 11) is -3.33. The number of nitrogens with one attached hydrogen (secondary N) is 1. The zero-order chi connectivity index (χ0) is 17.7. The minimum atomic E-state index is -3.92. The molecule has 0 aliphatic heterocycles. The summed E-state index contributed by atoms with van der Waals surface area (Å²) >= 11 is 0. The number of rotatable bonds is 9. The second-order valence-corrected chi connectivity index (χ2v) is 9.27. The lowest BCUT2D eigenvalue weighted by molar-refractivity contribution is 0.0697. The Bertz CT molecular complexity index is 608. The summed E-state index contributed by atoms with van der Waals surface area (Å²) in [5.74, 6) is -1.14. The van der Waals surface area contributed by atoms with Crippen LogP contribution in [0, 0.1) is 0 Å². The molecule has 0 bridgehead atoms. The van der Waals surface area contributed by atoms with Gasteiger partial charge in [0.15, 0.2) is 0 Å². The van der Waals surface area contributed by atoms with Gasteiger partial charge in [0.25, 0.3) is 0 Å². The normalized spacial score (nSPS) is 12.4. The number of carbonyl (C=O) groups is 1. The average molecular weight is 367 g/mol. The predicted octanol–water partition coefficient (Wildman–Crippen LogP) is 3.05. The van der Waals surface area contributed by atoms with Gasteiger partial charge in [-0.2, -0.15) is 0 Å². The molecule has 0 spiro atoms.